The molecule has 5 heteroatoms. The second-order valence-corrected chi connectivity index (χ2v) is 9.99. The Balaban J connectivity index is 1.65. The summed E-state index contributed by atoms with van der Waals surface area (Å²) < 4.78 is 11.4. The van der Waals surface area contributed by atoms with Gasteiger partial charge in [0, 0.05) is 29.3 Å². The molecule has 2 aromatic carbocycles. The molecule has 2 aromatic rings. The monoisotopic (exact) mass is 459 g/mol. The molecule has 178 valence electrons. The van der Waals surface area contributed by atoms with Gasteiger partial charge in [-0.3, -0.25) is 4.79 Å². The number of hydrogen-bond acceptors (Lipinski definition) is 5. The van der Waals surface area contributed by atoms with Crippen molar-refractivity contribution in [3.05, 3.63) is 87.8 Å². The van der Waals surface area contributed by atoms with E-state index in [4.69, 9.17) is 9.47 Å². The topological polar surface area (TPSA) is 64.6 Å². The van der Waals surface area contributed by atoms with Crippen molar-refractivity contribution in [3.63, 3.8) is 0 Å². The van der Waals surface area contributed by atoms with Crippen molar-refractivity contribution in [2.75, 3.05) is 6.61 Å². The summed E-state index contributed by atoms with van der Waals surface area (Å²) in [5, 5.41) is 3.36. The molecule has 2 aliphatic rings. The van der Waals surface area contributed by atoms with Crippen LogP contribution in [0.1, 0.15) is 63.1 Å². The Morgan fingerprint density at radius 3 is 2.35 bits per heavy atom. The quantitative estimate of drug-likeness (QED) is 0.558. The first kappa shape index (κ1) is 23.8. The summed E-state index contributed by atoms with van der Waals surface area (Å²) in [5.41, 5.74) is 5.91. The van der Waals surface area contributed by atoms with E-state index in [0.29, 0.717) is 24.2 Å². The molecule has 4 rings (SSSR count). The molecule has 0 radical (unpaired) electrons. The van der Waals surface area contributed by atoms with Crippen molar-refractivity contribution < 1.29 is 19.1 Å². The largest absolute Gasteiger partial charge is 0.489 e. The fourth-order valence-electron chi connectivity index (χ4n) is 4.86. The van der Waals surface area contributed by atoms with Gasteiger partial charge in [0.05, 0.1) is 12.2 Å². The van der Waals surface area contributed by atoms with Crippen LogP contribution in [0.15, 0.2) is 71.1 Å². The summed E-state index contributed by atoms with van der Waals surface area (Å²) in [6.45, 7) is 10.7. The third-order valence-electron chi connectivity index (χ3n) is 6.47. The maximum atomic E-state index is 13.3. The van der Waals surface area contributed by atoms with E-state index in [2.05, 4.69) is 50.4 Å². The number of benzene rings is 2. The van der Waals surface area contributed by atoms with E-state index in [1.54, 1.807) is 6.92 Å². The molecule has 1 unspecified atom stereocenters. The van der Waals surface area contributed by atoms with Crippen molar-refractivity contribution in [2.45, 2.75) is 60.0 Å². The van der Waals surface area contributed by atoms with Gasteiger partial charge in [-0.15, -0.1) is 0 Å². The predicted molar refractivity (Wildman–Crippen MR) is 132 cm³/mol. The SMILES string of the molecule is CCOC(=O)C1=C(C)NC2=C(C(=O)CC(C)(C)C2)C1c1ccc(OCc2ccc(C)cc2)cc1. The van der Waals surface area contributed by atoms with Gasteiger partial charge in [-0.2, -0.15) is 0 Å². The number of ether oxygens (including phenoxy) is 2. The van der Waals surface area contributed by atoms with Crippen molar-refractivity contribution in [2.24, 2.45) is 5.41 Å². The Morgan fingerprint density at radius 2 is 1.71 bits per heavy atom. The summed E-state index contributed by atoms with van der Waals surface area (Å²) in [5.74, 6) is -0.0221. The molecule has 0 spiro atoms. The smallest absolute Gasteiger partial charge is 0.336 e. The average molecular weight is 460 g/mol. The highest BCUT2D eigenvalue weighted by molar-refractivity contribution is 6.04. The van der Waals surface area contributed by atoms with Crippen LogP contribution in [0.4, 0.5) is 0 Å². The van der Waals surface area contributed by atoms with Crippen LogP contribution < -0.4 is 10.1 Å². The number of allylic oxidation sites excluding steroid dienone is 3. The van der Waals surface area contributed by atoms with Gasteiger partial charge in [-0.05, 0) is 55.9 Å². The molecule has 0 bridgehead atoms. The molecule has 0 saturated heterocycles. The molecular formula is C29H33NO4. The average Bonchev–Trinajstić information content (AvgIpc) is 2.77. The number of rotatable bonds is 6. The van der Waals surface area contributed by atoms with Gasteiger partial charge in [0.25, 0.3) is 0 Å². The van der Waals surface area contributed by atoms with Crippen LogP contribution >= 0.6 is 0 Å². The van der Waals surface area contributed by atoms with Crippen LogP contribution in [-0.4, -0.2) is 18.4 Å². The predicted octanol–water partition coefficient (Wildman–Crippen LogP) is 5.74. The van der Waals surface area contributed by atoms with Gasteiger partial charge >= 0.3 is 5.97 Å². The molecule has 1 aliphatic heterocycles. The molecule has 1 aliphatic carbocycles. The second-order valence-electron chi connectivity index (χ2n) is 9.99. The molecule has 1 heterocycles. The number of dihydropyridines is 1. The molecule has 0 aromatic heterocycles. The van der Waals surface area contributed by atoms with Crippen molar-refractivity contribution in [1.82, 2.24) is 5.32 Å². The highest BCUT2D eigenvalue weighted by atomic mass is 16.5. The molecule has 0 fully saturated rings. The summed E-state index contributed by atoms with van der Waals surface area (Å²) >= 11 is 0. The highest BCUT2D eigenvalue weighted by Crippen LogP contribution is 2.47. The number of aryl methyl sites for hydroxylation is 1. The van der Waals surface area contributed by atoms with Crippen molar-refractivity contribution in [3.8, 4) is 5.75 Å². The third-order valence-corrected chi connectivity index (χ3v) is 6.47. The van der Waals surface area contributed by atoms with Gasteiger partial charge in [-0.25, -0.2) is 4.79 Å². The second kappa shape index (κ2) is 9.49. The van der Waals surface area contributed by atoms with Crippen LogP contribution in [0, 0.1) is 12.3 Å². The Morgan fingerprint density at radius 1 is 1.03 bits per heavy atom. The van der Waals surface area contributed by atoms with E-state index < -0.39 is 5.92 Å². The van der Waals surface area contributed by atoms with Crippen LogP contribution in [0.3, 0.4) is 0 Å². The lowest BCUT2D eigenvalue weighted by Crippen LogP contribution is -2.38. The zero-order valence-corrected chi connectivity index (χ0v) is 20.7. The van der Waals surface area contributed by atoms with Crippen LogP contribution in [0.5, 0.6) is 5.75 Å². The zero-order valence-electron chi connectivity index (χ0n) is 20.7. The number of carbonyl (C=O) groups excluding carboxylic acids is 2. The van der Waals surface area contributed by atoms with Gasteiger partial charge in [0.2, 0.25) is 0 Å². The minimum absolute atomic E-state index is 0.0812. The fourth-order valence-corrected chi connectivity index (χ4v) is 4.86. The fraction of sp³-hybridized carbons (Fsp3) is 0.379. The number of carbonyl (C=O) groups is 2. The van der Waals surface area contributed by atoms with Crippen molar-refractivity contribution >= 4 is 11.8 Å². The van der Waals surface area contributed by atoms with E-state index in [1.807, 2.05) is 31.2 Å². The Kier molecular flexibility index (Phi) is 6.65. The number of nitrogens with one attached hydrogen (secondary N) is 1. The lowest BCUT2D eigenvalue weighted by Gasteiger charge is -2.39. The summed E-state index contributed by atoms with van der Waals surface area (Å²) in [6, 6.07) is 16.0. The summed E-state index contributed by atoms with van der Waals surface area (Å²) in [4.78, 5) is 26.3. The highest BCUT2D eigenvalue weighted by Gasteiger charge is 2.43. The normalized spacial score (nSPS) is 19.4. The van der Waals surface area contributed by atoms with E-state index >= 15 is 0 Å². The van der Waals surface area contributed by atoms with E-state index in [1.165, 1.54) is 5.56 Å². The maximum Gasteiger partial charge on any atom is 0.336 e. The van der Waals surface area contributed by atoms with Gasteiger partial charge in [-0.1, -0.05) is 55.8 Å². The maximum absolute atomic E-state index is 13.3. The molecule has 1 atom stereocenters. The molecule has 0 amide bonds. The Labute approximate surface area is 201 Å². The lowest BCUT2D eigenvalue weighted by atomic mass is 9.68. The first-order valence-electron chi connectivity index (χ1n) is 11.9. The van der Waals surface area contributed by atoms with E-state index in [0.717, 1.165) is 34.7 Å². The lowest BCUT2D eigenvalue weighted by molar-refractivity contribution is -0.138. The van der Waals surface area contributed by atoms with Crippen LogP contribution in [0.25, 0.3) is 0 Å². The number of hydrogen-bond donors (Lipinski definition) is 1. The Hall–Kier alpha value is -3.34. The molecule has 5 nitrogen and oxygen atoms in total. The number of esters is 1. The Bertz CT molecular complexity index is 1150. The molecule has 1 N–H and O–H groups in total. The minimum atomic E-state index is -0.454. The van der Waals surface area contributed by atoms with Crippen molar-refractivity contribution in [1.29, 1.82) is 0 Å². The van der Waals surface area contributed by atoms with Gasteiger partial charge < -0.3 is 14.8 Å². The van der Waals surface area contributed by atoms with E-state index in [-0.39, 0.29) is 23.8 Å². The van der Waals surface area contributed by atoms with Crippen LogP contribution in [-0.2, 0) is 20.9 Å². The molecule has 0 saturated carbocycles. The first-order chi connectivity index (χ1) is 16.2. The van der Waals surface area contributed by atoms with E-state index in [9.17, 15) is 9.59 Å². The zero-order chi connectivity index (χ0) is 24.5. The third kappa shape index (κ3) is 4.93. The number of ketones is 1. The number of Topliss-reactive ketones (excluding diaryl/α,β-unsaturated/α-hetero) is 1. The van der Waals surface area contributed by atoms with Gasteiger partial charge in [0.1, 0.15) is 12.4 Å². The minimum Gasteiger partial charge on any atom is -0.489 e. The summed E-state index contributed by atoms with van der Waals surface area (Å²) in [6.07, 6.45) is 1.21. The molecular weight excluding hydrogens is 426 g/mol. The van der Waals surface area contributed by atoms with Gasteiger partial charge in [0.15, 0.2) is 5.78 Å². The molecule has 34 heavy (non-hydrogen) atoms. The first-order valence-corrected chi connectivity index (χ1v) is 11.9. The standard InChI is InChI=1S/C29H33NO4/c1-6-33-28(32)25-19(3)30-23-15-29(4,5)16-24(31)27(23)26(25)21-11-13-22(14-12-21)34-17-20-9-7-18(2)8-10-20/h7-14,26,30H,6,15-17H2,1-5H3. The van der Waals surface area contributed by atoms with Crippen LogP contribution in [0.2, 0.25) is 0 Å². The summed E-state index contributed by atoms with van der Waals surface area (Å²) in [7, 11) is 0.